The molecule has 0 aliphatic carbocycles. The van der Waals surface area contributed by atoms with Gasteiger partial charge in [-0.05, 0) is 0 Å². The summed E-state index contributed by atoms with van der Waals surface area (Å²) in [5.74, 6) is -1.06. The van der Waals surface area contributed by atoms with Crippen LogP contribution in [0.5, 0.6) is 5.75 Å². The van der Waals surface area contributed by atoms with Gasteiger partial charge in [0.25, 0.3) is 0 Å². The molecule has 0 fully saturated rings. The fraction of sp³-hybridized carbons (Fsp3) is 0. The topological polar surface area (TPSA) is 86.4 Å². The predicted octanol–water partition coefficient (Wildman–Crippen LogP) is 1.11. The number of hydrogen-bond acceptors (Lipinski definition) is 4. The molecule has 0 aliphatic heterocycles. The lowest BCUT2D eigenvalue weighted by Gasteiger charge is -2.04. The molecule has 0 atom stereocenters. The van der Waals surface area contributed by atoms with Crippen molar-refractivity contribution in [2.45, 2.75) is 0 Å². The van der Waals surface area contributed by atoms with Crippen molar-refractivity contribution >= 4 is 5.97 Å². The lowest BCUT2D eigenvalue weighted by Crippen LogP contribution is -1.94. The standard InChI is InChI=1S/C10H7NO4/c12-7-3-1-2-6(4-7)9-5-8(10(13)14)11-15-9/h1-5,12H,(H,13,14)/p-1. The van der Waals surface area contributed by atoms with Gasteiger partial charge in [-0.1, -0.05) is 29.4 Å². The van der Waals surface area contributed by atoms with E-state index in [2.05, 4.69) is 5.16 Å². The Labute approximate surface area is 84.6 Å². The first-order valence-corrected chi connectivity index (χ1v) is 4.14. The number of carbonyl (C=O) groups is 1. The minimum absolute atomic E-state index is 0.166. The van der Waals surface area contributed by atoms with Gasteiger partial charge in [0.15, 0.2) is 11.5 Å². The molecule has 0 unspecified atom stereocenters. The van der Waals surface area contributed by atoms with Crippen molar-refractivity contribution in [2.24, 2.45) is 0 Å². The average Bonchev–Trinajstić information content (AvgIpc) is 2.66. The van der Waals surface area contributed by atoms with Crippen molar-refractivity contribution in [1.29, 1.82) is 0 Å². The van der Waals surface area contributed by atoms with Crippen molar-refractivity contribution in [3.63, 3.8) is 0 Å². The van der Waals surface area contributed by atoms with Crippen LogP contribution < -0.4 is 5.11 Å². The molecule has 0 spiro atoms. The van der Waals surface area contributed by atoms with E-state index in [1.54, 1.807) is 12.1 Å². The summed E-state index contributed by atoms with van der Waals surface area (Å²) in [7, 11) is 0. The van der Waals surface area contributed by atoms with Crippen LogP contribution in [0.1, 0.15) is 10.5 Å². The molecule has 1 aromatic heterocycles. The van der Waals surface area contributed by atoms with Crippen LogP contribution in [0.15, 0.2) is 34.9 Å². The number of hydrogen-bond donors (Lipinski definition) is 1. The van der Waals surface area contributed by atoms with Gasteiger partial charge in [0, 0.05) is 11.6 Å². The number of nitrogens with zero attached hydrogens (tertiary/aromatic N) is 1. The molecule has 15 heavy (non-hydrogen) atoms. The zero-order chi connectivity index (χ0) is 10.8. The van der Waals surface area contributed by atoms with Crippen LogP contribution in [0.2, 0.25) is 0 Å². The zero-order valence-electron chi connectivity index (χ0n) is 7.51. The number of benzene rings is 1. The molecule has 5 nitrogen and oxygen atoms in total. The summed E-state index contributed by atoms with van der Waals surface area (Å²) in [5.41, 5.74) is 0.337. The first-order chi connectivity index (χ1) is 7.16. The minimum atomic E-state index is -1.16. The van der Waals surface area contributed by atoms with Crippen LogP contribution in [-0.4, -0.2) is 16.2 Å². The Balaban J connectivity index is 2.41. The largest absolute Gasteiger partial charge is 0.872 e. The molecular weight excluding hydrogens is 198 g/mol. The lowest BCUT2D eigenvalue weighted by molar-refractivity contribution is -0.268. The third kappa shape index (κ3) is 1.80. The molecule has 2 aromatic rings. The molecule has 2 rings (SSSR count). The maximum Gasteiger partial charge on any atom is 0.358 e. The highest BCUT2D eigenvalue weighted by Gasteiger charge is 2.11. The summed E-state index contributed by atoms with van der Waals surface area (Å²) < 4.78 is 4.80. The van der Waals surface area contributed by atoms with Gasteiger partial charge in [-0.2, -0.15) is 0 Å². The number of carboxylic acids is 1. The molecule has 0 saturated heterocycles. The number of carboxylic acid groups (broad SMARTS) is 1. The molecule has 5 heteroatoms. The fourth-order valence-corrected chi connectivity index (χ4v) is 1.16. The molecule has 0 bridgehead atoms. The third-order valence-corrected chi connectivity index (χ3v) is 1.85. The van der Waals surface area contributed by atoms with Crippen LogP contribution in [0.25, 0.3) is 11.3 Å². The highest BCUT2D eigenvalue weighted by atomic mass is 16.5. The summed E-state index contributed by atoms with van der Waals surface area (Å²) in [6.07, 6.45) is 0. The number of aromatic carboxylic acids is 1. The van der Waals surface area contributed by atoms with E-state index in [0.717, 1.165) is 0 Å². The van der Waals surface area contributed by atoms with Gasteiger partial charge in [-0.3, -0.25) is 0 Å². The lowest BCUT2D eigenvalue weighted by atomic mass is 10.1. The second kappa shape index (κ2) is 3.45. The summed E-state index contributed by atoms with van der Waals surface area (Å²) in [5, 5.41) is 23.0. The van der Waals surface area contributed by atoms with E-state index in [0.29, 0.717) is 5.56 Å². The van der Waals surface area contributed by atoms with Gasteiger partial charge < -0.3 is 14.7 Å². The Morgan fingerprint density at radius 3 is 2.80 bits per heavy atom. The number of rotatable bonds is 2. The molecule has 0 aliphatic rings. The van der Waals surface area contributed by atoms with E-state index >= 15 is 0 Å². The van der Waals surface area contributed by atoms with E-state index < -0.39 is 5.97 Å². The maximum absolute atomic E-state index is 11.0. The van der Waals surface area contributed by atoms with Crippen molar-refractivity contribution in [3.05, 3.63) is 36.0 Å². The molecular formula is C10H6NO4-. The van der Waals surface area contributed by atoms with Gasteiger partial charge >= 0.3 is 5.97 Å². The van der Waals surface area contributed by atoms with Crippen LogP contribution in [0, 0.1) is 0 Å². The van der Waals surface area contributed by atoms with Crippen LogP contribution in [0.3, 0.4) is 0 Å². The highest BCUT2D eigenvalue weighted by Crippen LogP contribution is 2.22. The maximum atomic E-state index is 11.0. The summed E-state index contributed by atoms with van der Waals surface area (Å²) in [6.45, 7) is 0. The second-order valence-corrected chi connectivity index (χ2v) is 2.91. The quantitative estimate of drug-likeness (QED) is 0.791. The number of aromatic nitrogens is 1. The molecule has 76 valence electrons. The first kappa shape index (κ1) is 9.26. The van der Waals surface area contributed by atoms with E-state index in [1.807, 2.05) is 0 Å². The third-order valence-electron chi connectivity index (χ3n) is 1.85. The van der Waals surface area contributed by atoms with Gasteiger partial charge in [0.1, 0.15) is 0 Å². The van der Waals surface area contributed by atoms with Crippen molar-refractivity contribution in [2.75, 3.05) is 0 Å². The Bertz CT molecular complexity index is 504. The molecule has 1 N–H and O–H groups in total. The molecule has 1 aromatic carbocycles. The molecule has 1 heterocycles. The second-order valence-electron chi connectivity index (χ2n) is 2.91. The van der Waals surface area contributed by atoms with Crippen molar-refractivity contribution in [3.8, 4) is 17.1 Å². The first-order valence-electron chi connectivity index (χ1n) is 4.14. The average molecular weight is 204 g/mol. The van der Waals surface area contributed by atoms with E-state index in [4.69, 9.17) is 9.63 Å². The Morgan fingerprint density at radius 2 is 2.20 bits per heavy atom. The summed E-state index contributed by atoms with van der Waals surface area (Å²) in [6, 6.07) is 7.25. The predicted molar refractivity (Wildman–Crippen MR) is 48.3 cm³/mol. The van der Waals surface area contributed by atoms with Crippen molar-refractivity contribution < 1.29 is 19.5 Å². The monoisotopic (exact) mass is 204 g/mol. The van der Waals surface area contributed by atoms with Gasteiger partial charge in [-0.15, -0.1) is 5.75 Å². The smallest absolute Gasteiger partial charge is 0.358 e. The van der Waals surface area contributed by atoms with E-state index in [1.165, 1.54) is 18.2 Å². The Hall–Kier alpha value is -2.30. The van der Waals surface area contributed by atoms with Crippen molar-refractivity contribution in [1.82, 2.24) is 5.16 Å². The van der Waals surface area contributed by atoms with Gasteiger partial charge in [0.2, 0.25) is 0 Å². The Kier molecular flexibility index (Phi) is 2.13. The minimum Gasteiger partial charge on any atom is -0.872 e. The van der Waals surface area contributed by atoms with Crippen LogP contribution in [-0.2, 0) is 0 Å². The molecule has 0 radical (unpaired) electrons. The zero-order valence-corrected chi connectivity index (χ0v) is 7.51. The highest BCUT2D eigenvalue weighted by molar-refractivity contribution is 5.86. The Morgan fingerprint density at radius 1 is 1.40 bits per heavy atom. The van der Waals surface area contributed by atoms with Crippen LogP contribution in [0.4, 0.5) is 0 Å². The normalized spacial score (nSPS) is 10.1. The SMILES string of the molecule is O=C(O)c1cc(-c2cccc([O-])c2)on1. The van der Waals surface area contributed by atoms with Gasteiger partial charge in [0.05, 0.1) is 0 Å². The molecule has 0 saturated carbocycles. The summed E-state index contributed by atoms with van der Waals surface area (Å²) in [4.78, 5) is 10.5. The molecule has 0 amide bonds. The fourth-order valence-electron chi connectivity index (χ4n) is 1.16. The summed E-state index contributed by atoms with van der Waals surface area (Å²) >= 11 is 0. The van der Waals surface area contributed by atoms with E-state index in [-0.39, 0.29) is 17.2 Å². The van der Waals surface area contributed by atoms with Gasteiger partial charge in [-0.25, -0.2) is 4.79 Å². The van der Waals surface area contributed by atoms with Crippen LogP contribution >= 0.6 is 0 Å². The van der Waals surface area contributed by atoms with E-state index in [9.17, 15) is 9.90 Å².